The minimum atomic E-state index is -4.77. The van der Waals surface area contributed by atoms with E-state index in [1.54, 1.807) is 0 Å². The van der Waals surface area contributed by atoms with Crippen molar-refractivity contribution in [3.63, 3.8) is 0 Å². The van der Waals surface area contributed by atoms with Crippen molar-refractivity contribution in [2.75, 3.05) is 0 Å². The maximum atomic E-state index is 12.6. The molecule has 1 aromatic carbocycles. The molecule has 1 heterocycles. The van der Waals surface area contributed by atoms with Crippen molar-refractivity contribution in [1.29, 1.82) is 0 Å². The summed E-state index contributed by atoms with van der Waals surface area (Å²) in [6, 6.07) is 1.16. The van der Waals surface area contributed by atoms with E-state index in [2.05, 4.69) is 10.3 Å². The van der Waals surface area contributed by atoms with Crippen LogP contribution in [-0.4, -0.2) is 25.3 Å². The number of hydrogen-bond acceptors (Lipinski definition) is 5. The molecule has 0 aliphatic carbocycles. The molecule has 0 amide bonds. The summed E-state index contributed by atoms with van der Waals surface area (Å²) in [5, 5.41) is 25.7. The molecule has 90 valence electrons. The lowest BCUT2D eigenvalue weighted by atomic mass is 10.1. The number of nitro benzene ring substituents is 1. The Morgan fingerprint density at radius 1 is 1.41 bits per heavy atom. The van der Waals surface area contributed by atoms with Gasteiger partial charge in [0.1, 0.15) is 5.52 Å². The van der Waals surface area contributed by atoms with E-state index in [1.807, 2.05) is 0 Å². The van der Waals surface area contributed by atoms with Gasteiger partial charge in [0.15, 0.2) is 5.52 Å². The second kappa shape index (κ2) is 3.30. The van der Waals surface area contributed by atoms with Gasteiger partial charge in [-0.25, -0.2) is 0 Å². The third kappa shape index (κ3) is 1.62. The van der Waals surface area contributed by atoms with Crippen molar-refractivity contribution in [1.82, 2.24) is 15.2 Å². The summed E-state index contributed by atoms with van der Waals surface area (Å²) >= 11 is 0. The molecule has 2 rings (SSSR count). The molecule has 10 heteroatoms. The molecule has 0 saturated carbocycles. The van der Waals surface area contributed by atoms with Crippen LogP contribution in [0.15, 0.2) is 12.1 Å². The summed E-state index contributed by atoms with van der Waals surface area (Å²) in [5.41, 5.74) is -3.36. The SMILES string of the molecule is O=[N+]([O-])c1ccc(C(F)(F)F)c2c1nnn2O. The summed E-state index contributed by atoms with van der Waals surface area (Å²) in [4.78, 5) is 9.51. The molecule has 0 radical (unpaired) electrons. The number of hydrogen-bond donors (Lipinski definition) is 1. The van der Waals surface area contributed by atoms with Gasteiger partial charge in [0.05, 0.1) is 10.5 Å². The van der Waals surface area contributed by atoms with Crippen LogP contribution in [0.2, 0.25) is 0 Å². The third-order valence-electron chi connectivity index (χ3n) is 2.06. The Labute approximate surface area is 90.2 Å². The lowest BCUT2D eigenvalue weighted by Crippen LogP contribution is -2.08. The number of nitro groups is 1. The summed E-state index contributed by atoms with van der Waals surface area (Å²) < 4.78 is 37.7. The molecule has 0 fully saturated rings. The smallest absolute Gasteiger partial charge is 0.410 e. The molecule has 0 spiro atoms. The average Bonchev–Trinajstić information content (AvgIpc) is 2.58. The van der Waals surface area contributed by atoms with E-state index in [9.17, 15) is 23.3 Å². The number of fused-ring (bicyclic) bond motifs is 1. The van der Waals surface area contributed by atoms with Crippen molar-refractivity contribution in [2.24, 2.45) is 0 Å². The fraction of sp³-hybridized carbons (Fsp3) is 0.143. The molecule has 1 N–H and O–H groups in total. The molecule has 0 aliphatic rings. The summed E-state index contributed by atoms with van der Waals surface area (Å²) in [6.45, 7) is 0. The van der Waals surface area contributed by atoms with E-state index in [0.717, 1.165) is 0 Å². The van der Waals surface area contributed by atoms with Crippen LogP contribution in [0.1, 0.15) is 5.56 Å². The van der Waals surface area contributed by atoms with Gasteiger partial charge in [0.25, 0.3) is 5.69 Å². The predicted molar refractivity (Wildman–Crippen MR) is 46.4 cm³/mol. The highest BCUT2D eigenvalue weighted by atomic mass is 19.4. The number of non-ortho nitro benzene ring substituents is 1. The second-order valence-corrected chi connectivity index (χ2v) is 3.06. The lowest BCUT2D eigenvalue weighted by molar-refractivity contribution is -0.383. The third-order valence-corrected chi connectivity index (χ3v) is 2.06. The van der Waals surface area contributed by atoms with Crippen molar-refractivity contribution < 1.29 is 23.3 Å². The van der Waals surface area contributed by atoms with Crippen molar-refractivity contribution >= 4 is 16.7 Å². The Morgan fingerprint density at radius 2 is 2.06 bits per heavy atom. The van der Waals surface area contributed by atoms with E-state index in [-0.39, 0.29) is 4.85 Å². The Bertz CT molecular complexity index is 606. The molecule has 0 saturated heterocycles. The standard InChI is InChI=1S/C7H3F3N4O3/c8-7(9,10)3-1-2-4(14(16)17)5-6(3)13(15)12-11-5/h1-2,15H. The van der Waals surface area contributed by atoms with Gasteiger partial charge in [-0.3, -0.25) is 10.1 Å². The molecule has 17 heavy (non-hydrogen) atoms. The molecule has 1 aromatic heterocycles. The summed E-state index contributed by atoms with van der Waals surface area (Å²) in [6.07, 6.45) is -4.77. The Hall–Kier alpha value is -2.39. The lowest BCUT2D eigenvalue weighted by Gasteiger charge is -2.07. The van der Waals surface area contributed by atoms with Gasteiger partial charge in [0.2, 0.25) is 0 Å². The van der Waals surface area contributed by atoms with Crippen LogP contribution in [0.3, 0.4) is 0 Å². The number of nitrogens with zero attached hydrogens (tertiary/aromatic N) is 4. The first-order chi connectivity index (χ1) is 7.82. The normalized spacial score (nSPS) is 11.9. The van der Waals surface area contributed by atoms with Gasteiger partial charge >= 0.3 is 6.18 Å². The number of alkyl halides is 3. The Kier molecular flexibility index (Phi) is 2.16. The zero-order valence-electron chi connectivity index (χ0n) is 7.84. The quantitative estimate of drug-likeness (QED) is 0.469. The van der Waals surface area contributed by atoms with E-state index in [4.69, 9.17) is 5.21 Å². The maximum absolute atomic E-state index is 12.6. The molecular formula is C7H3F3N4O3. The predicted octanol–water partition coefficient (Wildman–Crippen LogP) is 1.60. The fourth-order valence-electron chi connectivity index (χ4n) is 1.38. The highest BCUT2D eigenvalue weighted by Gasteiger charge is 2.37. The molecule has 7 nitrogen and oxygen atoms in total. The monoisotopic (exact) mass is 248 g/mol. The number of aromatic nitrogens is 3. The Morgan fingerprint density at radius 3 is 2.59 bits per heavy atom. The minimum absolute atomic E-state index is 0.134. The van der Waals surface area contributed by atoms with Gasteiger partial charge in [-0.05, 0) is 11.3 Å². The van der Waals surface area contributed by atoms with Crippen LogP contribution in [-0.2, 0) is 6.18 Å². The van der Waals surface area contributed by atoms with E-state index < -0.39 is 33.4 Å². The van der Waals surface area contributed by atoms with Crippen LogP contribution in [0.25, 0.3) is 11.0 Å². The van der Waals surface area contributed by atoms with Crippen molar-refractivity contribution in [2.45, 2.75) is 6.18 Å². The number of benzene rings is 1. The first kappa shape index (κ1) is 11.1. The molecule has 0 atom stereocenters. The molecule has 0 aliphatic heterocycles. The van der Waals surface area contributed by atoms with Gasteiger partial charge < -0.3 is 5.21 Å². The first-order valence-electron chi connectivity index (χ1n) is 4.11. The zero-order chi connectivity index (χ0) is 12.8. The molecule has 0 bridgehead atoms. The van der Waals surface area contributed by atoms with Gasteiger partial charge in [-0.2, -0.15) is 13.2 Å². The van der Waals surface area contributed by atoms with Gasteiger partial charge in [-0.15, -0.1) is 5.10 Å². The molecule has 0 unspecified atom stereocenters. The van der Waals surface area contributed by atoms with Crippen LogP contribution in [0.5, 0.6) is 0 Å². The zero-order valence-corrected chi connectivity index (χ0v) is 7.84. The van der Waals surface area contributed by atoms with Crippen molar-refractivity contribution in [3.05, 3.63) is 27.8 Å². The minimum Gasteiger partial charge on any atom is -0.410 e. The fourth-order valence-corrected chi connectivity index (χ4v) is 1.38. The van der Waals surface area contributed by atoms with E-state index in [1.165, 1.54) is 0 Å². The molecular weight excluding hydrogens is 245 g/mol. The van der Waals surface area contributed by atoms with E-state index in [0.29, 0.717) is 12.1 Å². The first-order valence-corrected chi connectivity index (χ1v) is 4.11. The topological polar surface area (TPSA) is 94.1 Å². The summed E-state index contributed by atoms with van der Waals surface area (Å²) in [5.74, 6) is 0. The van der Waals surface area contributed by atoms with Crippen molar-refractivity contribution in [3.8, 4) is 0 Å². The van der Waals surface area contributed by atoms with Crippen LogP contribution < -0.4 is 0 Å². The maximum Gasteiger partial charge on any atom is 0.418 e. The van der Waals surface area contributed by atoms with Crippen LogP contribution >= 0.6 is 0 Å². The highest BCUT2D eigenvalue weighted by Crippen LogP contribution is 2.36. The second-order valence-electron chi connectivity index (χ2n) is 3.06. The largest absolute Gasteiger partial charge is 0.418 e. The highest BCUT2D eigenvalue weighted by molar-refractivity contribution is 5.87. The van der Waals surface area contributed by atoms with Crippen LogP contribution in [0.4, 0.5) is 18.9 Å². The summed E-state index contributed by atoms with van der Waals surface area (Å²) in [7, 11) is 0. The van der Waals surface area contributed by atoms with Crippen LogP contribution in [0, 0.1) is 10.1 Å². The Balaban J connectivity index is 2.87. The number of halogens is 3. The molecule has 2 aromatic rings. The number of rotatable bonds is 1. The van der Waals surface area contributed by atoms with E-state index >= 15 is 0 Å². The average molecular weight is 248 g/mol. The van der Waals surface area contributed by atoms with Gasteiger partial charge in [0, 0.05) is 6.07 Å². The van der Waals surface area contributed by atoms with Gasteiger partial charge in [-0.1, -0.05) is 4.85 Å².